The number of fused-ring (bicyclic) bond motifs is 1. The van der Waals surface area contributed by atoms with Gasteiger partial charge < -0.3 is 9.64 Å². The molecule has 1 aromatic heterocycles. The minimum absolute atomic E-state index is 0.0118. The van der Waals surface area contributed by atoms with Gasteiger partial charge >= 0.3 is 12.1 Å². The molecule has 0 fully saturated rings. The van der Waals surface area contributed by atoms with Crippen LogP contribution in [0.4, 0.5) is 13.2 Å². The molecule has 1 amide bonds. The average Bonchev–Trinajstić information content (AvgIpc) is 3.09. The lowest BCUT2D eigenvalue weighted by Crippen LogP contribution is -2.38. The summed E-state index contributed by atoms with van der Waals surface area (Å²) in [5, 5.41) is 4.10. The number of thioether (sulfide) groups is 1. The Hall–Kier alpha value is -2.49. The number of hydrogen-bond donors (Lipinski definition) is 0. The molecule has 0 atom stereocenters. The van der Waals surface area contributed by atoms with Crippen molar-refractivity contribution >= 4 is 23.6 Å². The number of nitrogens with zero attached hydrogens (tertiary/aromatic N) is 3. The first-order valence-corrected chi connectivity index (χ1v) is 10.5. The van der Waals surface area contributed by atoms with Crippen LogP contribution in [0.2, 0.25) is 0 Å². The molecule has 162 valence electrons. The fraction of sp³-hybridized carbons (Fsp3) is 0.450. The van der Waals surface area contributed by atoms with Crippen LogP contribution in [0.3, 0.4) is 0 Å². The molecule has 1 aliphatic heterocycles. The minimum atomic E-state index is -4.33. The zero-order valence-electron chi connectivity index (χ0n) is 16.4. The highest BCUT2D eigenvalue weighted by molar-refractivity contribution is 8.00. The largest absolute Gasteiger partial charge is 0.461 e. The molecule has 0 aliphatic carbocycles. The summed E-state index contributed by atoms with van der Waals surface area (Å²) in [6.07, 6.45) is -5.03. The van der Waals surface area contributed by atoms with Crippen LogP contribution in [0.1, 0.15) is 35.1 Å². The Morgan fingerprint density at radius 1 is 1.23 bits per heavy atom. The standard InChI is InChI=1S/C20H22F3N3O3S/c1-2-29-19(28)18-15-12-25(17(27)13-30-14-6-4-3-5-7-14)10-8-16(15)26(24-18)11-9-20(21,22)23/h3-7H,2,8-13H2,1H3. The summed E-state index contributed by atoms with van der Waals surface area (Å²) in [6, 6.07) is 9.50. The summed E-state index contributed by atoms with van der Waals surface area (Å²) in [7, 11) is 0. The molecule has 10 heteroatoms. The number of carbonyl (C=O) groups is 2. The van der Waals surface area contributed by atoms with Crippen molar-refractivity contribution < 1.29 is 27.5 Å². The molecule has 6 nitrogen and oxygen atoms in total. The quantitative estimate of drug-likeness (QED) is 0.484. The summed E-state index contributed by atoms with van der Waals surface area (Å²) in [5.41, 5.74) is 1.02. The van der Waals surface area contributed by atoms with Crippen molar-refractivity contribution in [1.29, 1.82) is 0 Å². The van der Waals surface area contributed by atoms with E-state index in [0.717, 1.165) is 4.90 Å². The first-order chi connectivity index (χ1) is 14.3. The van der Waals surface area contributed by atoms with Gasteiger partial charge in [-0.15, -0.1) is 11.8 Å². The van der Waals surface area contributed by atoms with Gasteiger partial charge in [-0.05, 0) is 19.1 Å². The van der Waals surface area contributed by atoms with Gasteiger partial charge in [0.15, 0.2) is 5.69 Å². The third-order valence-electron chi connectivity index (χ3n) is 4.67. The predicted octanol–water partition coefficient (Wildman–Crippen LogP) is 3.69. The third-order valence-corrected chi connectivity index (χ3v) is 5.66. The highest BCUT2D eigenvalue weighted by Crippen LogP contribution is 2.27. The summed E-state index contributed by atoms with van der Waals surface area (Å²) in [5.74, 6) is -0.559. The second-order valence-corrected chi connectivity index (χ2v) is 7.80. The fourth-order valence-electron chi connectivity index (χ4n) is 3.24. The second kappa shape index (κ2) is 9.55. The molecule has 0 saturated carbocycles. The van der Waals surface area contributed by atoms with Gasteiger partial charge in [0.2, 0.25) is 5.91 Å². The van der Waals surface area contributed by atoms with Crippen molar-refractivity contribution in [2.45, 2.75) is 43.9 Å². The molecule has 1 aliphatic rings. The van der Waals surface area contributed by atoms with Gasteiger partial charge in [0, 0.05) is 42.2 Å². The molecule has 2 heterocycles. The lowest BCUT2D eigenvalue weighted by Gasteiger charge is -2.28. The predicted molar refractivity (Wildman–Crippen MR) is 105 cm³/mol. The fourth-order valence-corrected chi connectivity index (χ4v) is 4.06. The maximum absolute atomic E-state index is 12.7. The highest BCUT2D eigenvalue weighted by Gasteiger charge is 2.33. The lowest BCUT2D eigenvalue weighted by molar-refractivity contribution is -0.137. The van der Waals surface area contributed by atoms with Crippen LogP contribution in [0.15, 0.2) is 35.2 Å². The molecule has 30 heavy (non-hydrogen) atoms. The average molecular weight is 441 g/mol. The molecular formula is C20H22F3N3O3S. The maximum Gasteiger partial charge on any atom is 0.390 e. The Kier molecular flexibility index (Phi) is 7.06. The zero-order chi connectivity index (χ0) is 21.7. The van der Waals surface area contributed by atoms with E-state index < -0.39 is 18.6 Å². The Bertz CT molecular complexity index is 900. The summed E-state index contributed by atoms with van der Waals surface area (Å²) < 4.78 is 44.2. The molecule has 1 aromatic carbocycles. The summed E-state index contributed by atoms with van der Waals surface area (Å²) in [6.45, 7) is 1.88. The number of hydrogen-bond acceptors (Lipinski definition) is 5. The second-order valence-electron chi connectivity index (χ2n) is 6.75. The van der Waals surface area contributed by atoms with Gasteiger partial charge in [0.1, 0.15) is 0 Å². The van der Waals surface area contributed by atoms with E-state index >= 15 is 0 Å². The van der Waals surface area contributed by atoms with Crippen LogP contribution in [0.25, 0.3) is 0 Å². The van der Waals surface area contributed by atoms with Crippen molar-refractivity contribution in [3.05, 3.63) is 47.3 Å². The number of halogens is 3. The smallest absolute Gasteiger partial charge is 0.390 e. The van der Waals surface area contributed by atoms with Crippen molar-refractivity contribution in [3.63, 3.8) is 0 Å². The van der Waals surface area contributed by atoms with Gasteiger partial charge in [-0.25, -0.2) is 4.79 Å². The summed E-state index contributed by atoms with van der Waals surface area (Å²) in [4.78, 5) is 27.5. The van der Waals surface area contributed by atoms with E-state index in [0.29, 0.717) is 24.2 Å². The number of carbonyl (C=O) groups excluding carboxylic acids is 2. The van der Waals surface area contributed by atoms with E-state index in [9.17, 15) is 22.8 Å². The third kappa shape index (κ3) is 5.56. The molecule has 0 bridgehead atoms. The van der Waals surface area contributed by atoms with Crippen molar-refractivity contribution in [2.75, 3.05) is 18.9 Å². The monoisotopic (exact) mass is 441 g/mol. The number of aromatic nitrogens is 2. The number of ether oxygens (including phenoxy) is 1. The minimum Gasteiger partial charge on any atom is -0.461 e. The van der Waals surface area contributed by atoms with Gasteiger partial charge in [0.05, 0.1) is 18.8 Å². The number of rotatable bonds is 7. The van der Waals surface area contributed by atoms with E-state index in [-0.39, 0.29) is 37.1 Å². The van der Waals surface area contributed by atoms with Crippen LogP contribution in [-0.4, -0.2) is 51.6 Å². The number of aryl methyl sites for hydroxylation is 1. The number of alkyl halides is 3. The molecule has 0 unspecified atom stereocenters. The topological polar surface area (TPSA) is 64.4 Å². The van der Waals surface area contributed by atoms with E-state index in [1.165, 1.54) is 16.4 Å². The first-order valence-electron chi connectivity index (χ1n) is 9.56. The molecule has 0 spiro atoms. The van der Waals surface area contributed by atoms with Gasteiger partial charge in [-0.3, -0.25) is 9.48 Å². The Morgan fingerprint density at radius 2 is 1.97 bits per heavy atom. The van der Waals surface area contributed by atoms with Crippen LogP contribution >= 0.6 is 11.8 Å². The number of amides is 1. The Labute approximate surface area is 176 Å². The molecule has 0 saturated heterocycles. The Balaban J connectivity index is 1.75. The molecule has 0 N–H and O–H groups in total. The van der Waals surface area contributed by atoms with Crippen molar-refractivity contribution in [1.82, 2.24) is 14.7 Å². The number of benzene rings is 1. The van der Waals surface area contributed by atoms with Crippen LogP contribution < -0.4 is 0 Å². The van der Waals surface area contributed by atoms with E-state index in [1.807, 2.05) is 30.3 Å². The van der Waals surface area contributed by atoms with Gasteiger partial charge in [0.25, 0.3) is 0 Å². The Morgan fingerprint density at radius 3 is 2.63 bits per heavy atom. The van der Waals surface area contributed by atoms with Crippen LogP contribution in [0.5, 0.6) is 0 Å². The van der Waals surface area contributed by atoms with Crippen molar-refractivity contribution in [2.24, 2.45) is 0 Å². The first kappa shape index (κ1) is 22.2. The molecule has 3 rings (SSSR count). The molecular weight excluding hydrogens is 419 g/mol. The molecule has 0 radical (unpaired) electrons. The number of esters is 1. The maximum atomic E-state index is 12.7. The lowest BCUT2D eigenvalue weighted by atomic mass is 10.0. The highest BCUT2D eigenvalue weighted by atomic mass is 32.2. The van der Waals surface area contributed by atoms with Gasteiger partial charge in [-0.2, -0.15) is 18.3 Å². The zero-order valence-corrected chi connectivity index (χ0v) is 17.3. The van der Waals surface area contributed by atoms with E-state index in [2.05, 4.69) is 5.10 Å². The van der Waals surface area contributed by atoms with Crippen molar-refractivity contribution in [3.8, 4) is 0 Å². The van der Waals surface area contributed by atoms with E-state index in [4.69, 9.17) is 4.74 Å². The van der Waals surface area contributed by atoms with Crippen LogP contribution in [-0.2, 0) is 29.0 Å². The normalized spacial score (nSPS) is 13.8. The van der Waals surface area contributed by atoms with Crippen LogP contribution in [0, 0.1) is 0 Å². The SMILES string of the molecule is CCOC(=O)c1nn(CCC(F)(F)F)c2c1CN(C(=O)CSc1ccccc1)CC2. The molecule has 2 aromatic rings. The summed E-state index contributed by atoms with van der Waals surface area (Å²) >= 11 is 1.41. The van der Waals surface area contributed by atoms with Gasteiger partial charge in [-0.1, -0.05) is 18.2 Å². The van der Waals surface area contributed by atoms with E-state index in [1.54, 1.807) is 11.8 Å².